The van der Waals surface area contributed by atoms with Crippen molar-refractivity contribution in [1.29, 1.82) is 0 Å². The predicted molar refractivity (Wildman–Crippen MR) is 103 cm³/mol. The van der Waals surface area contributed by atoms with Crippen molar-refractivity contribution < 1.29 is 14.3 Å². The van der Waals surface area contributed by atoms with Gasteiger partial charge < -0.3 is 10.1 Å². The minimum atomic E-state index is -0.546. The fourth-order valence-corrected chi connectivity index (χ4v) is 4.08. The molecular weight excluding hydrogens is 330 g/mol. The van der Waals surface area contributed by atoms with Crippen LogP contribution in [0.4, 0.5) is 4.79 Å². The van der Waals surface area contributed by atoms with Gasteiger partial charge in [-0.3, -0.25) is 14.6 Å². The molecule has 2 amide bonds. The number of hydrogen-bond acceptors (Lipinski definition) is 4. The zero-order valence-corrected chi connectivity index (χ0v) is 17.2. The molecule has 3 unspecified atom stereocenters. The molecule has 2 saturated heterocycles. The number of carbonyl (C=O) groups excluding carboxylic acids is 2. The van der Waals surface area contributed by atoms with E-state index in [2.05, 4.69) is 24.1 Å². The monoisotopic (exact) mass is 367 g/mol. The van der Waals surface area contributed by atoms with E-state index in [1.165, 1.54) is 19.3 Å². The number of amides is 2. The highest BCUT2D eigenvalue weighted by Gasteiger charge is 2.34. The van der Waals surface area contributed by atoms with E-state index in [4.69, 9.17) is 4.74 Å². The molecule has 2 aliphatic rings. The molecule has 0 aromatic carbocycles. The number of nitrogens with zero attached hydrogens (tertiary/aromatic N) is 2. The zero-order valence-electron chi connectivity index (χ0n) is 17.2. The van der Waals surface area contributed by atoms with Gasteiger partial charge in [-0.15, -0.1) is 0 Å². The molecule has 0 bridgehead atoms. The van der Waals surface area contributed by atoms with Crippen LogP contribution in [-0.4, -0.2) is 65.2 Å². The molecule has 26 heavy (non-hydrogen) atoms. The minimum absolute atomic E-state index is 0.0483. The van der Waals surface area contributed by atoms with Crippen LogP contribution >= 0.6 is 0 Å². The Morgan fingerprint density at radius 3 is 2.31 bits per heavy atom. The summed E-state index contributed by atoms with van der Waals surface area (Å²) >= 11 is 0. The zero-order chi connectivity index (χ0) is 19.3. The third-order valence-electron chi connectivity index (χ3n) is 5.48. The Bertz CT molecular complexity index is 479. The highest BCUT2D eigenvalue weighted by Crippen LogP contribution is 2.22. The van der Waals surface area contributed by atoms with Gasteiger partial charge in [-0.05, 0) is 66.7 Å². The molecule has 150 valence electrons. The summed E-state index contributed by atoms with van der Waals surface area (Å²) in [5, 5.41) is 3.06. The molecule has 1 N–H and O–H groups in total. The van der Waals surface area contributed by atoms with Crippen molar-refractivity contribution >= 4 is 12.0 Å². The Balaban J connectivity index is 1.86. The molecule has 0 aromatic rings. The summed E-state index contributed by atoms with van der Waals surface area (Å²) in [7, 11) is 0. The Morgan fingerprint density at radius 1 is 1.04 bits per heavy atom. The lowest BCUT2D eigenvalue weighted by molar-refractivity contribution is -0.127. The molecule has 0 spiro atoms. The van der Waals surface area contributed by atoms with Crippen LogP contribution in [0.1, 0.15) is 73.1 Å². The summed E-state index contributed by atoms with van der Waals surface area (Å²) in [5.74, 6) is -0.0483. The second kappa shape index (κ2) is 9.07. The summed E-state index contributed by atoms with van der Waals surface area (Å²) in [5.41, 5.74) is -0.546. The van der Waals surface area contributed by atoms with Gasteiger partial charge in [0.05, 0.1) is 0 Å². The maximum Gasteiger partial charge on any atom is 0.410 e. The smallest absolute Gasteiger partial charge is 0.410 e. The van der Waals surface area contributed by atoms with Crippen molar-refractivity contribution in [3.05, 3.63) is 0 Å². The number of ether oxygens (including phenoxy) is 1. The highest BCUT2D eigenvalue weighted by atomic mass is 16.6. The molecule has 2 aliphatic heterocycles. The van der Waals surface area contributed by atoms with Crippen LogP contribution in [0.3, 0.4) is 0 Å². The van der Waals surface area contributed by atoms with E-state index in [0.717, 1.165) is 19.4 Å². The Morgan fingerprint density at radius 2 is 1.69 bits per heavy atom. The van der Waals surface area contributed by atoms with Crippen molar-refractivity contribution in [3.63, 3.8) is 0 Å². The number of nitrogens with one attached hydrogen (secondary N) is 1. The van der Waals surface area contributed by atoms with Crippen LogP contribution in [0.25, 0.3) is 0 Å². The molecule has 2 rings (SSSR count). The van der Waals surface area contributed by atoms with Crippen molar-refractivity contribution in [1.82, 2.24) is 15.1 Å². The topological polar surface area (TPSA) is 61.9 Å². The summed E-state index contributed by atoms with van der Waals surface area (Å²) in [6, 6.07) is 0.738. The predicted octanol–water partition coefficient (Wildman–Crippen LogP) is 3.16. The first-order valence-electron chi connectivity index (χ1n) is 10.2. The van der Waals surface area contributed by atoms with Gasteiger partial charge in [0.2, 0.25) is 5.91 Å². The summed E-state index contributed by atoms with van der Waals surface area (Å²) < 4.78 is 5.48. The fourth-order valence-electron chi connectivity index (χ4n) is 4.08. The average molecular weight is 368 g/mol. The Labute approximate surface area is 158 Å². The van der Waals surface area contributed by atoms with E-state index in [9.17, 15) is 9.59 Å². The van der Waals surface area contributed by atoms with E-state index in [0.29, 0.717) is 31.6 Å². The lowest BCUT2D eigenvalue weighted by atomic mass is 9.97. The summed E-state index contributed by atoms with van der Waals surface area (Å²) in [6.07, 6.45) is 5.97. The third-order valence-corrected chi connectivity index (χ3v) is 5.48. The third kappa shape index (κ3) is 5.86. The maximum atomic E-state index is 12.7. The SMILES string of the molecule is CC1CCCC(C)N1CCNC(=O)C1CCCCN1C(=O)OC(C)(C)C. The van der Waals surface area contributed by atoms with E-state index >= 15 is 0 Å². The van der Waals surface area contributed by atoms with Crippen molar-refractivity contribution in [3.8, 4) is 0 Å². The van der Waals surface area contributed by atoms with Crippen molar-refractivity contribution in [2.45, 2.75) is 96.9 Å². The summed E-state index contributed by atoms with van der Waals surface area (Å²) in [6.45, 7) is 12.2. The van der Waals surface area contributed by atoms with E-state index in [1.807, 2.05) is 20.8 Å². The van der Waals surface area contributed by atoms with E-state index in [1.54, 1.807) is 4.90 Å². The van der Waals surface area contributed by atoms with Gasteiger partial charge in [0, 0.05) is 31.7 Å². The van der Waals surface area contributed by atoms with Crippen LogP contribution < -0.4 is 5.32 Å². The largest absolute Gasteiger partial charge is 0.444 e. The van der Waals surface area contributed by atoms with E-state index < -0.39 is 11.6 Å². The van der Waals surface area contributed by atoms with Crippen molar-refractivity contribution in [2.75, 3.05) is 19.6 Å². The minimum Gasteiger partial charge on any atom is -0.444 e. The molecule has 0 aromatic heterocycles. The fraction of sp³-hybridized carbons (Fsp3) is 0.900. The second-order valence-corrected chi connectivity index (χ2v) is 8.84. The number of piperidine rings is 2. The normalized spacial score (nSPS) is 27.9. The first-order chi connectivity index (χ1) is 12.2. The van der Waals surface area contributed by atoms with Crippen molar-refractivity contribution in [2.24, 2.45) is 0 Å². The molecule has 0 saturated carbocycles. The second-order valence-electron chi connectivity index (χ2n) is 8.84. The lowest BCUT2D eigenvalue weighted by Gasteiger charge is -2.39. The Kier molecular flexibility index (Phi) is 7.33. The van der Waals surface area contributed by atoms with Gasteiger partial charge in [0.15, 0.2) is 0 Å². The number of likely N-dealkylation sites (tertiary alicyclic amines) is 2. The van der Waals surface area contributed by atoms with Gasteiger partial charge in [0.1, 0.15) is 11.6 Å². The van der Waals surface area contributed by atoms with Crippen LogP contribution in [0.5, 0.6) is 0 Å². The van der Waals surface area contributed by atoms with E-state index in [-0.39, 0.29) is 12.0 Å². The van der Waals surface area contributed by atoms with Gasteiger partial charge in [-0.1, -0.05) is 6.42 Å². The molecule has 2 heterocycles. The molecular formula is C20H37N3O3. The molecule has 0 radical (unpaired) electrons. The van der Waals surface area contributed by atoms with Gasteiger partial charge in [0.25, 0.3) is 0 Å². The Hall–Kier alpha value is -1.30. The molecule has 6 nitrogen and oxygen atoms in total. The first kappa shape index (κ1) is 21.0. The lowest BCUT2D eigenvalue weighted by Crippen LogP contribution is -2.54. The van der Waals surface area contributed by atoms with Crippen LogP contribution in [0, 0.1) is 0 Å². The van der Waals surface area contributed by atoms with Gasteiger partial charge >= 0.3 is 6.09 Å². The number of carbonyl (C=O) groups is 2. The van der Waals surface area contributed by atoms with Crippen LogP contribution in [-0.2, 0) is 9.53 Å². The average Bonchev–Trinajstić information content (AvgIpc) is 2.56. The molecule has 3 atom stereocenters. The maximum absolute atomic E-state index is 12.7. The van der Waals surface area contributed by atoms with Crippen LogP contribution in [0.15, 0.2) is 0 Å². The standard InChI is InChI=1S/C20H37N3O3/c1-15-9-8-10-16(2)22(15)14-12-21-18(24)17-11-6-7-13-23(17)19(25)26-20(3,4)5/h15-17H,6-14H2,1-5H3,(H,21,24). The number of rotatable bonds is 4. The van der Waals surface area contributed by atoms with Crippen LogP contribution in [0.2, 0.25) is 0 Å². The summed E-state index contributed by atoms with van der Waals surface area (Å²) in [4.78, 5) is 29.2. The quantitative estimate of drug-likeness (QED) is 0.829. The molecule has 2 fully saturated rings. The first-order valence-corrected chi connectivity index (χ1v) is 10.2. The highest BCUT2D eigenvalue weighted by molar-refractivity contribution is 5.85. The van der Waals surface area contributed by atoms with Gasteiger partial charge in [-0.2, -0.15) is 0 Å². The molecule has 6 heteroatoms. The number of hydrogen-bond donors (Lipinski definition) is 1. The van der Waals surface area contributed by atoms with Gasteiger partial charge in [-0.25, -0.2) is 4.79 Å². The molecule has 0 aliphatic carbocycles.